The van der Waals surface area contributed by atoms with Crippen molar-refractivity contribution in [3.63, 3.8) is 0 Å². The predicted octanol–water partition coefficient (Wildman–Crippen LogP) is 18.8. The summed E-state index contributed by atoms with van der Waals surface area (Å²) in [7, 11) is 0. The van der Waals surface area contributed by atoms with E-state index in [-0.39, 0.29) is 0 Å². The van der Waals surface area contributed by atoms with Crippen LogP contribution in [0.4, 0.5) is 0 Å². The number of furan rings is 1. The lowest BCUT2D eigenvalue weighted by molar-refractivity contribution is 0.669. The first-order valence-electron chi connectivity index (χ1n) is 25.6. The Hall–Kier alpha value is -9.95. The van der Waals surface area contributed by atoms with Gasteiger partial charge >= 0.3 is 0 Å². The first-order chi connectivity index (χ1) is 37.6. The zero-order valence-electron chi connectivity index (χ0n) is 40.6. The fourth-order valence-electron chi connectivity index (χ4n) is 12.2. The van der Waals surface area contributed by atoms with Gasteiger partial charge in [-0.15, -0.1) is 11.3 Å². The second kappa shape index (κ2) is 15.8. The van der Waals surface area contributed by atoms with Crippen LogP contribution in [-0.2, 0) is 0 Å². The van der Waals surface area contributed by atoms with E-state index in [1.807, 2.05) is 0 Å². The van der Waals surface area contributed by atoms with Crippen LogP contribution in [0.2, 0.25) is 0 Å². The van der Waals surface area contributed by atoms with E-state index in [0.717, 1.165) is 88.2 Å². The third kappa shape index (κ3) is 6.12. The Morgan fingerprint density at radius 1 is 0.303 bits per heavy atom. The summed E-state index contributed by atoms with van der Waals surface area (Å²) in [6.07, 6.45) is 0. The van der Waals surface area contributed by atoms with E-state index in [1.54, 1.807) is 11.3 Å². The molecule has 0 amide bonds. The van der Waals surface area contributed by atoms with Gasteiger partial charge in [0.15, 0.2) is 17.5 Å². The molecule has 0 bridgehead atoms. The highest BCUT2D eigenvalue weighted by atomic mass is 32.1. The van der Waals surface area contributed by atoms with Crippen LogP contribution in [0.3, 0.4) is 0 Å². The van der Waals surface area contributed by atoms with Crippen molar-refractivity contribution in [2.24, 2.45) is 0 Å². The van der Waals surface area contributed by atoms with Crippen LogP contribution in [-0.4, -0.2) is 24.1 Å². The third-order valence-electron chi connectivity index (χ3n) is 15.7. The van der Waals surface area contributed by atoms with Crippen molar-refractivity contribution in [1.82, 2.24) is 24.1 Å². The molecule has 0 unspecified atom stereocenters. The average Bonchev–Trinajstić information content (AvgIpc) is 4.41. The number of thiophene rings is 1. The Balaban J connectivity index is 0.976. The van der Waals surface area contributed by atoms with Crippen LogP contribution in [0, 0.1) is 0 Å². The first kappa shape index (κ1) is 41.5. The molecule has 0 aliphatic carbocycles. The molecule has 17 rings (SSSR count). The minimum atomic E-state index is 0.546. The largest absolute Gasteiger partial charge is 0.456 e. The van der Waals surface area contributed by atoms with Gasteiger partial charge < -0.3 is 13.6 Å². The summed E-state index contributed by atoms with van der Waals surface area (Å²) < 4.78 is 14.3. The van der Waals surface area contributed by atoms with Crippen molar-refractivity contribution in [2.45, 2.75) is 0 Å². The van der Waals surface area contributed by atoms with E-state index in [4.69, 9.17) is 19.4 Å². The fraction of sp³-hybridized carbons (Fsp3) is 0. The molecule has 7 heteroatoms. The van der Waals surface area contributed by atoms with Crippen molar-refractivity contribution in [3.05, 3.63) is 237 Å². The number of aromatic nitrogens is 5. The van der Waals surface area contributed by atoms with Crippen LogP contribution in [0.1, 0.15) is 0 Å². The highest BCUT2D eigenvalue weighted by Gasteiger charge is 2.24. The molecule has 0 aliphatic heterocycles. The van der Waals surface area contributed by atoms with Crippen molar-refractivity contribution in [2.75, 3.05) is 0 Å². The van der Waals surface area contributed by atoms with E-state index >= 15 is 0 Å². The Labute approximate surface area is 437 Å². The Kier molecular flexibility index (Phi) is 8.62. The summed E-state index contributed by atoms with van der Waals surface area (Å²) in [5.41, 5.74) is 10.7. The number of nitrogens with zero attached hydrogens (tertiary/aromatic N) is 5. The van der Waals surface area contributed by atoms with Crippen molar-refractivity contribution < 1.29 is 4.42 Å². The molecule has 5 aromatic heterocycles. The second-order valence-corrected chi connectivity index (χ2v) is 21.0. The SMILES string of the molecule is c1ccc(-n2c3ccccc3c3ccc(-c4nc(-c5cc(-n6c7cc8ccccc8cc7c7c8ccccc8ccc76)c6c(c5)oc5cc7ccccc7cc56)nc(-c5ccc6sc7ccccc7c6c5)n4)cc32)cc1. The molecule has 0 saturated carbocycles. The van der Waals surface area contributed by atoms with E-state index < -0.39 is 0 Å². The molecule has 5 heterocycles. The van der Waals surface area contributed by atoms with E-state index in [9.17, 15) is 0 Å². The monoisotopic (exact) mass is 985 g/mol. The van der Waals surface area contributed by atoms with Crippen LogP contribution >= 0.6 is 11.3 Å². The lowest BCUT2D eigenvalue weighted by atomic mass is 10.0. The van der Waals surface area contributed by atoms with Crippen molar-refractivity contribution in [1.29, 1.82) is 0 Å². The maximum Gasteiger partial charge on any atom is 0.164 e. The van der Waals surface area contributed by atoms with Gasteiger partial charge in [0.25, 0.3) is 0 Å². The second-order valence-electron chi connectivity index (χ2n) is 19.9. The number of rotatable bonds is 5. The van der Waals surface area contributed by atoms with Gasteiger partial charge in [0.2, 0.25) is 0 Å². The molecule has 0 radical (unpaired) electrons. The molecule has 76 heavy (non-hydrogen) atoms. The average molecular weight is 986 g/mol. The van der Waals surface area contributed by atoms with Gasteiger partial charge in [0.1, 0.15) is 11.2 Å². The highest BCUT2D eigenvalue weighted by molar-refractivity contribution is 7.25. The fourth-order valence-corrected chi connectivity index (χ4v) is 13.3. The van der Waals surface area contributed by atoms with Crippen LogP contribution in [0.5, 0.6) is 0 Å². The minimum Gasteiger partial charge on any atom is -0.456 e. The van der Waals surface area contributed by atoms with E-state index in [2.05, 4.69) is 246 Å². The molecule has 17 aromatic rings. The molecule has 0 saturated heterocycles. The highest BCUT2D eigenvalue weighted by Crippen LogP contribution is 2.45. The molecule has 0 fully saturated rings. The number of hydrogen-bond acceptors (Lipinski definition) is 5. The van der Waals surface area contributed by atoms with Gasteiger partial charge in [-0.2, -0.15) is 0 Å². The van der Waals surface area contributed by atoms with Gasteiger partial charge in [0, 0.05) is 69.5 Å². The van der Waals surface area contributed by atoms with Crippen LogP contribution < -0.4 is 0 Å². The number of fused-ring (bicyclic) bond motifs is 16. The smallest absolute Gasteiger partial charge is 0.164 e. The standard InChI is InChI=1S/C69H39N5OS/c1-2-19-48(20-3-1)73-56-24-12-10-22-50(56)51-29-26-46(36-58(51)73)68-70-67(45-28-31-64-53(34-45)52-23-11-13-25-63(52)76-64)71-69(72-68)47-37-60(66-55-33-42-16-5-7-18-44(42)38-61(55)75-62(66)39-47)74-57-30-27-40-14-8-9-21-49(40)65(57)54-32-41-15-4-6-17-43(41)35-59(54)74/h1-39H. The molecular formula is C69H39N5OS. The first-order valence-corrected chi connectivity index (χ1v) is 26.5. The van der Waals surface area contributed by atoms with Gasteiger partial charge in [-0.25, -0.2) is 15.0 Å². The Morgan fingerprint density at radius 3 is 1.70 bits per heavy atom. The van der Waals surface area contributed by atoms with E-state index in [1.165, 1.54) is 57.9 Å². The number of hydrogen-bond donors (Lipinski definition) is 0. The third-order valence-corrected chi connectivity index (χ3v) is 16.8. The number of para-hydroxylation sites is 2. The summed E-state index contributed by atoms with van der Waals surface area (Å²) in [5, 5.41) is 16.3. The van der Waals surface area contributed by atoms with Crippen molar-refractivity contribution in [3.8, 4) is 45.5 Å². The van der Waals surface area contributed by atoms with Gasteiger partial charge in [0.05, 0.1) is 33.1 Å². The van der Waals surface area contributed by atoms with Gasteiger partial charge in [-0.3, -0.25) is 0 Å². The summed E-state index contributed by atoms with van der Waals surface area (Å²) >= 11 is 1.81. The molecule has 0 N–H and O–H groups in total. The molecular weight excluding hydrogens is 947 g/mol. The van der Waals surface area contributed by atoms with Crippen LogP contribution in [0.25, 0.3) is 164 Å². The zero-order chi connectivity index (χ0) is 49.6. The summed E-state index contributed by atoms with van der Waals surface area (Å²) in [5.74, 6) is 1.71. The quantitative estimate of drug-likeness (QED) is 0.172. The molecule has 0 spiro atoms. The topological polar surface area (TPSA) is 61.7 Å². The summed E-state index contributed by atoms with van der Waals surface area (Å²) in [6, 6.07) is 85.1. The summed E-state index contributed by atoms with van der Waals surface area (Å²) in [6.45, 7) is 0. The van der Waals surface area contributed by atoms with Gasteiger partial charge in [-0.1, -0.05) is 146 Å². The van der Waals surface area contributed by atoms with E-state index in [0.29, 0.717) is 17.5 Å². The lowest BCUT2D eigenvalue weighted by Crippen LogP contribution is -2.02. The number of benzene rings is 12. The molecule has 12 aromatic carbocycles. The Morgan fingerprint density at radius 2 is 0.895 bits per heavy atom. The molecule has 6 nitrogen and oxygen atoms in total. The zero-order valence-corrected chi connectivity index (χ0v) is 41.4. The van der Waals surface area contributed by atoms with Gasteiger partial charge in [-0.05, 0) is 123 Å². The Bertz CT molecular complexity index is 5310. The predicted molar refractivity (Wildman–Crippen MR) is 317 cm³/mol. The molecule has 0 aliphatic rings. The molecule has 352 valence electrons. The summed E-state index contributed by atoms with van der Waals surface area (Å²) in [4.78, 5) is 16.4. The normalized spacial score (nSPS) is 12.2. The van der Waals surface area contributed by atoms with Crippen LogP contribution in [0.15, 0.2) is 241 Å². The van der Waals surface area contributed by atoms with Crippen molar-refractivity contribution >= 4 is 129 Å². The maximum absolute atomic E-state index is 7.08. The lowest BCUT2D eigenvalue weighted by Gasteiger charge is -2.14. The minimum absolute atomic E-state index is 0.546. The molecule has 0 atom stereocenters. The maximum atomic E-state index is 7.08.